The largest absolute Gasteiger partial charge is 0.322 e. The highest BCUT2D eigenvalue weighted by Gasteiger charge is 2.31. The maximum absolute atomic E-state index is 12.9. The predicted molar refractivity (Wildman–Crippen MR) is 111 cm³/mol. The van der Waals surface area contributed by atoms with Gasteiger partial charge in [-0.1, -0.05) is 29.8 Å². The Kier molecular flexibility index (Phi) is 4.83. The number of amides is 1. The Morgan fingerprint density at radius 1 is 0.964 bits per heavy atom. The second-order valence-corrected chi connectivity index (χ2v) is 8.74. The van der Waals surface area contributed by atoms with E-state index in [0.29, 0.717) is 34.9 Å². The quantitative estimate of drug-likeness (QED) is 0.693. The molecule has 0 fully saturated rings. The van der Waals surface area contributed by atoms with Gasteiger partial charge in [-0.25, -0.2) is 8.42 Å². The molecule has 1 N–H and O–H groups in total. The van der Waals surface area contributed by atoms with Crippen LogP contribution in [0.2, 0.25) is 5.02 Å². The van der Waals surface area contributed by atoms with Crippen LogP contribution in [0, 0.1) is 0 Å². The number of hydrogen-bond donors (Lipinski definition) is 1. The monoisotopic (exact) mass is 412 g/mol. The van der Waals surface area contributed by atoms with Crippen molar-refractivity contribution in [3.63, 3.8) is 0 Å². The summed E-state index contributed by atoms with van der Waals surface area (Å²) in [6.07, 6.45) is 0.559. The second kappa shape index (κ2) is 7.30. The molecule has 1 aliphatic heterocycles. The minimum absolute atomic E-state index is 0.255. The highest BCUT2D eigenvalue weighted by atomic mass is 35.5. The first kappa shape index (κ1) is 18.5. The molecule has 1 heterocycles. The lowest BCUT2D eigenvalue weighted by Gasteiger charge is -2.19. The third-order valence-electron chi connectivity index (χ3n) is 4.63. The maximum atomic E-state index is 12.9. The summed E-state index contributed by atoms with van der Waals surface area (Å²) in [7, 11) is -3.62. The van der Waals surface area contributed by atoms with Gasteiger partial charge in [0.25, 0.3) is 15.9 Å². The highest BCUT2D eigenvalue weighted by Crippen LogP contribution is 2.33. The lowest BCUT2D eigenvalue weighted by atomic mass is 10.1. The summed E-state index contributed by atoms with van der Waals surface area (Å²) >= 11 is 5.86. The number of rotatable bonds is 4. The first-order valence-corrected chi connectivity index (χ1v) is 10.5. The van der Waals surface area contributed by atoms with Crippen molar-refractivity contribution >= 4 is 38.9 Å². The summed E-state index contributed by atoms with van der Waals surface area (Å²) < 4.78 is 27.2. The molecule has 7 heteroatoms. The van der Waals surface area contributed by atoms with Gasteiger partial charge in [0.15, 0.2) is 0 Å². The Balaban J connectivity index is 1.58. The van der Waals surface area contributed by atoms with Gasteiger partial charge in [0.05, 0.1) is 10.6 Å². The zero-order valence-electron chi connectivity index (χ0n) is 14.8. The third-order valence-corrected chi connectivity index (χ3v) is 6.71. The van der Waals surface area contributed by atoms with Crippen LogP contribution in [0.3, 0.4) is 0 Å². The van der Waals surface area contributed by atoms with Gasteiger partial charge in [-0.2, -0.15) is 0 Å². The Morgan fingerprint density at radius 2 is 1.68 bits per heavy atom. The lowest BCUT2D eigenvalue weighted by Crippen LogP contribution is -2.29. The van der Waals surface area contributed by atoms with Crippen LogP contribution in [0.25, 0.3) is 0 Å². The molecular weight excluding hydrogens is 396 g/mol. The van der Waals surface area contributed by atoms with E-state index in [0.717, 1.165) is 5.56 Å². The molecule has 4 rings (SSSR count). The molecule has 28 heavy (non-hydrogen) atoms. The van der Waals surface area contributed by atoms with E-state index in [1.54, 1.807) is 72.8 Å². The standard InChI is InChI=1S/C21H17ClN2O3S/c22-17-7-9-18(10-8-17)23-21(25)16-6-11-20-15(14-16)12-13-24(20)28(26,27)19-4-2-1-3-5-19/h1-11,14H,12-13H2,(H,23,25). The summed E-state index contributed by atoms with van der Waals surface area (Å²) in [5.41, 5.74) is 2.57. The van der Waals surface area contributed by atoms with E-state index in [1.807, 2.05) is 0 Å². The summed E-state index contributed by atoms with van der Waals surface area (Å²) in [6, 6.07) is 20.3. The average molecular weight is 413 g/mol. The zero-order valence-corrected chi connectivity index (χ0v) is 16.4. The highest BCUT2D eigenvalue weighted by molar-refractivity contribution is 7.92. The summed E-state index contributed by atoms with van der Waals surface area (Å²) in [4.78, 5) is 12.8. The Bertz CT molecular complexity index is 1130. The van der Waals surface area contributed by atoms with Gasteiger partial charge in [-0.05, 0) is 66.6 Å². The van der Waals surface area contributed by atoms with Crippen LogP contribution in [0.4, 0.5) is 11.4 Å². The molecule has 0 radical (unpaired) electrons. The lowest BCUT2D eigenvalue weighted by molar-refractivity contribution is 0.102. The number of carbonyl (C=O) groups is 1. The number of sulfonamides is 1. The SMILES string of the molecule is O=C(Nc1ccc(Cl)cc1)c1ccc2c(c1)CCN2S(=O)(=O)c1ccccc1. The van der Waals surface area contributed by atoms with Crippen molar-refractivity contribution in [3.05, 3.63) is 88.9 Å². The number of carbonyl (C=O) groups excluding carboxylic acids is 1. The summed E-state index contributed by atoms with van der Waals surface area (Å²) in [5.74, 6) is -0.255. The zero-order chi connectivity index (χ0) is 19.7. The molecule has 1 aliphatic rings. The Morgan fingerprint density at radius 3 is 2.39 bits per heavy atom. The topological polar surface area (TPSA) is 66.5 Å². The third kappa shape index (κ3) is 3.48. The predicted octanol–water partition coefficient (Wildman–Crippen LogP) is 4.34. The number of hydrogen-bond acceptors (Lipinski definition) is 3. The van der Waals surface area contributed by atoms with E-state index in [-0.39, 0.29) is 10.8 Å². The summed E-state index contributed by atoms with van der Waals surface area (Å²) in [6.45, 7) is 0.356. The molecule has 0 atom stereocenters. The molecule has 0 saturated heterocycles. The van der Waals surface area contributed by atoms with E-state index in [1.165, 1.54) is 4.31 Å². The average Bonchev–Trinajstić information content (AvgIpc) is 3.14. The minimum atomic E-state index is -3.62. The first-order valence-electron chi connectivity index (χ1n) is 8.73. The van der Waals surface area contributed by atoms with Crippen LogP contribution in [0.1, 0.15) is 15.9 Å². The maximum Gasteiger partial charge on any atom is 0.264 e. The number of nitrogens with zero attached hydrogens (tertiary/aromatic N) is 1. The Labute approximate surface area is 168 Å². The van der Waals surface area contributed by atoms with Crippen LogP contribution in [0.15, 0.2) is 77.7 Å². The smallest absolute Gasteiger partial charge is 0.264 e. The molecule has 1 amide bonds. The van der Waals surface area contributed by atoms with E-state index < -0.39 is 10.0 Å². The van der Waals surface area contributed by atoms with Gasteiger partial charge in [0.1, 0.15) is 0 Å². The first-order chi connectivity index (χ1) is 13.4. The molecule has 3 aromatic rings. The molecule has 0 bridgehead atoms. The van der Waals surface area contributed by atoms with Gasteiger partial charge in [0, 0.05) is 22.8 Å². The molecule has 0 aromatic heterocycles. The van der Waals surface area contributed by atoms with Crippen molar-refractivity contribution in [1.29, 1.82) is 0 Å². The van der Waals surface area contributed by atoms with Crippen LogP contribution in [0.5, 0.6) is 0 Å². The van der Waals surface area contributed by atoms with Crippen molar-refractivity contribution < 1.29 is 13.2 Å². The van der Waals surface area contributed by atoms with Gasteiger partial charge in [-0.15, -0.1) is 0 Å². The number of halogens is 1. The van der Waals surface area contributed by atoms with E-state index >= 15 is 0 Å². The molecule has 5 nitrogen and oxygen atoms in total. The van der Waals surface area contributed by atoms with Crippen molar-refractivity contribution in [2.45, 2.75) is 11.3 Å². The van der Waals surface area contributed by atoms with Crippen LogP contribution >= 0.6 is 11.6 Å². The van der Waals surface area contributed by atoms with E-state index in [4.69, 9.17) is 11.6 Å². The van der Waals surface area contributed by atoms with Gasteiger partial charge in [-0.3, -0.25) is 9.10 Å². The minimum Gasteiger partial charge on any atom is -0.322 e. The van der Waals surface area contributed by atoms with Crippen LogP contribution < -0.4 is 9.62 Å². The molecule has 0 aliphatic carbocycles. The number of nitrogens with one attached hydrogen (secondary N) is 1. The van der Waals surface area contributed by atoms with Crippen LogP contribution in [-0.2, 0) is 16.4 Å². The molecule has 142 valence electrons. The van der Waals surface area contributed by atoms with Crippen molar-refractivity contribution in [1.82, 2.24) is 0 Å². The number of benzene rings is 3. The number of anilines is 2. The fourth-order valence-corrected chi connectivity index (χ4v) is 4.87. The van der Waals surface area contributed by atoms with E-state index in [9.17, 15) is 13.2 Å². The molecular formula is C21H17ClN2O3S. The van der Waals surface area contributed by atoms with Gasteiger partial charge < -0.3 is 5.32 Å². The fourth-order valence-electron chi connectivity index (χ4n) is 3.22. The van der Waals surface area contributed by atoms with Gasteiger partial charge in [0.2, 0.25) is 0 Å². The van der Waals surface area contributed by atoms with Crippen LogP contribution in [-0.4, -0.2) is 20.9 Å². The van der Waals surface area contributed by atoms with E-state index in [2.05, 4.69) is 5.32 Å². The van der Waals surface area contributed by atoms with Crippen molar-refractivity contribution in [3.8, 4) is 0 Å². The molecule has 0 spiro atoms. The second-order valence-electron chi connectivity index (χ2n) is 6.44. The number of fused-ring (bicyclic) bond motifs is 1. The summed E-state index contributed by atoms with van der Waals surface area (Å²) in [5, 5.41) is 3.41. The van der Waals surface area contributed by atoms with Crippen molar-refractivity contribution in [2.75, 3.05) is 16.2 Å². The Hall–Kier alpha value is -2.83. The molecule has 0 saturated carbocycles. The van der Waals surface area contributed by atoms with Crippen molar-refractivity contribution in [2.24, 2.45) is 0 Å². The fraction of sp³-hybridized carbons (Fsp3) is 0.0952. The molecule has 0 unspecified atom stereocenters. The van der Waals surface area contributed by atoms with Gasteiger partial charge >= 0.3 is 0 Å². The molecule has 3 aromatic carbocycles. The normalized spacial score (nSPS) is 13.2.